The molecule has 1 N–H and O–H groups in total. The van der Waals surface area contributed by atoms with E-state index in [4.69, 9.17) is 9.47 Å². The molecule has 0 aliphatic carbocycles. The Hall–Kier alpha value is -0.120. The molecule has 0 saturated carbocycles. The fourth-order valence-electron chi connectivity index (χ4n) is 1.05. The molecule has 11 heavy (non-hydrogen) atoms. The van der Waals surface area contributed by atoms with Gasteiger partial charge in [-0.2, -0.15) is 0 Å². The first-order valence-electron chi connectivity index (χ1n) is 4.05. The lowest BCUT2D eigenvalue weighted by Crippen LogP contribution is -2.49. The Morgan fingerprint density at radius 2 is 2.00 bits per heavy atom. The first-order chi connectivity index (χ1) is 5.08. The van der Waals surface area contributed by atoms with Crippen LogP contribution in [0, 0.1) is 0 Å². The first-order valence-corrected chi connectivity index (χ1v) is 4.05. The summed E-state index contributed by atoms with van der Waals surface area (Å²) in [7, 11) is 0. The van der Waals surface area contributed by atoms with E-state index in [1.165, 1.54) is 0 Å². The van der Waals surface area contributed by atoms with E-state index in [1.54, 1.807) is 0 Å². The van der Waals surface area contributed by atoms with Crippen LogP contribution in [0.1, 0.15) is 20.8 Å². The van der Waals surface area contributed by atoms with Gasteiger partial charge in [0.2, 0.25) is 0 Å². The summed E-state index contributed by atoms with van der Waals surface area (Å²) in [5.74, 6) is 0. The molecule has 1 aliphatic rings. The zero-order valence-corrected chi connectivity index (χ0v) is 7.52. The van der Waals surface area contributed by atoms with Crippen LogP contribution in [-0.2, 0) is 9.47 Å². The predicted octanol–water partition coefficient (Wildman–Crippen LogP) is 0.747. The van der Waals surface area contributed by atoms with E-state index >= 15 is 0 Å². The molecule has 1 rings (SSSR count). The zero-order valence-electron chi connectivity index (χ0n) is 7.52. The van der Waals surface area contributed by atoms with Gasteiger partial charge in [0.25, 0.3) is 0 Å². The molecule has 0 aromatic heterocycles. The average molecular weight is 159 g/mol. The molecular formula is C8H17NO2. The second-order valence-corrected chi connectivity index (χ2v) is 3.83. The van der Waals surface area contributed by atoms with Crippen LogP contribution < -0.4 is 5.32 Å². The predicted molar refractivity (Wildman–Crippen MR) is 43.4 cm³/mol. The molecule has 66 valence electrons. The lowest BCUT2D eigenvalue weighted by Gasteiger charge is -2.30. The maximum absolute atomic E-state index is 5.42. The summed E-state index contributed by atoms with van der Waals surface area (Å²) in [5, 5.41) is 3.31. The number of nitrogens with one attached hydrogen (secondary N) is 1. The van der Waals surface area contributed by atoms with Crippen molar-refractivity contribution in [1.29, 1.82) is 0 Å². The van der Waals surface area contributed by atoms with Gasteiger partial charge in [-0.05, 0) is 20.8 Å². The molecular weight excluding hydrogens is 142 g/mol. The van der Waals surface area contributed by atoms with Crippen LogP contribution in [-0.4, -0.2) is 31.6 Å². The van der Waals surface area contributed by atoms with Gasteiger partial charge in [0.05, 0.1) is 19.8 Å². The molecule has 0 amide bonds. The summed E-state index contributed by atoms with van der Waals surface area (Å²) in [6.45, 7) is 8.44. The van der Waals surface area contributed by atoms with Crippen molar-refractivity contribution >= 4 is 0 Å². The van der Waals surface area contributed by atoms with Gasteiger partial charge in [0, 0.05) is 5.54 Å². The van der Waals surface area contributed by atoms with Crippen LogP contribution in [0.25, 0.3) is 0 Å². The monoisotopic (exact) mass is 159 g/mol. The summed E-state index contributed by atoms with van der Waals surface area (Å²) in [4.78, 5) is 0. The summed E-state index contributed by atoms with van der Waals surface area (Å²) < 4.78 is 10.7. The van der Waals surface area contributed by atoms with Crippen molar-refractivity contribution in [1.82, 2.24) is 5.32 Å². The van der Waals surface area contributed by atoms with Gasteiger partial charge in [-0.3, -0.25) is 5.32 Å². The molecule has 1 atom stereocenters. The molecule has 3 nitrogen and oxygen atoms in total. The normalized spacial score (nSPS) is 27.0. The van der Waals surface area contributed by atoms with Crippen molar-refractivity contribution in [3.63, 3.8) is 0 Å². The Labute approximate surface area is 68.1 Å². The highest BCUT2D eigenvalue weighted by Crippen LogP contribution is 2.05. The summed E-state index contributed by atoms with van der Waals surface area (Å²) in [6, 6.07) is 0. The molecule has 1 unspecified atom stereocenters. The van der Waals surface area contributed by atoms with Crippen LogP contribution in [0.2, 0.25) is 0 Å². The minimum absolute atomic E-state index is 0.0729. The fraction of sp³-hybridized carbons (Fsp3) is 1.00. The van der Waals surface area contributed by atoms with Gasteiger partial charge in [0.15, 0.2) is 0 Å². The third kappa shape index (κ3) is 3.70. The highest BCUT2D eigenvalue weighted by molar-refractivity contribution is 4.73. The van der Waals surface area contributed by atoms with Gasteiger partial charge >= 0.3 is 0 Å². The zero-order chi connectivity index (χ0) is 8.32. The molecule has 3 heteroatoms. The van der Waals surface area contributed by atoms with E-state index in [0.29, 0.717) is 13.2 Å². The lowest BCUT2D eigenvalue weighted by molar-refractivity contribution is -0.109. The van der Waals surface area contributed by atoms with Crippen molar-refractivity contribution in [2.75, 3.05) is 19.8 Å². The maximum atomic E-state index is 5.42. The van der Waals surface area contributed by atoms with Crippen molar-refractivity contribution in [3.8, 4) is 0 Å². The van der Waals surface area contributed by atoms with Crippen LogP contribution in [0.5, 0.6) is 0 Å². The van der Waals surface area contributed by atoms with E-state index in [1.807, 2.05) is 0 Å². The number of rotatable bonds is 1. The Morgan fingerprint density at radius 3 is 2.45 bits per heavy atom. The van der Waals surface area contributed by atoms with Gasteiger partial charge in [-0.1, -0.05) is 0 Å². The fourth-order valence-corrected chi connectivity index (χ4v) is 1.05. The Morgan fingerprint density at radius 1 is 1.27 bits per heavy atom. The minimum atomic E-state index is 0.0729. The van der Waals surface area contributed by atoms with Gasteiger partial charge in [-0.15, -0.1) is 0 Å². The van der Waals surface area contributed by atoms with Crippen molar-refractivity contribution in [3.05, 3.63) is 0 Å². The van der Waals surface area contributed by atoms with Crippen LogP contribution in [0.4, 0.5) is 0 Å². The van der Waals surface area contributed by atoms with Gasteiger partial charge < -0.3 is 9.47 Å². The molecule has 0 bridgehead atoms. The van der Waals surface area contributed by atoms with E-state index in [-0.39, 0.29) is 11.8 Å². The summed E-state index contributed by atoms with van der Waals surface area (Å²) in [5.41, 5.74) is 0.103. The van der Waals surface area contributed by atoms with E-state index < -0.39 is 0 Å². The van der Waals surface area contributed by atoms with Crippen molar-refractivity contribution in [2.45, 2.75) is 32.5 Å². The van der Waals surface area contributed by atoms with Gasteiger partial charge in [0.1, 0.15) is 6.23 Å². The highest BCUT2D eigenvalue weighted by atomic mass is 16.6. The average Bonchev–Trinajstić information content (AvgIpc) is 1.85. The Balaban J connectivity index is 2.24. The molecule has 1 heterocycles. The maximum Gasteiger partial charge on any atom is 0.132 e. The van der Waals surface area contributed by atoms with E-state index in [2.05, 4.69) is 26.1 Å². The van der Waals surface area contributed by atoms with E-state index in [9.17, 15) is 0 Å². The summed E-state index contributed by atoms with van der Waals surface area (Å²) in [6.07, 6.45) is 0.0729. The number of hydrogen-bond acceptors (Lipinski definition) is 3. The van der Waals surface area contributed by atoms with Crippen LogP contribution in [0.15, 0.2) is 0 Å². The first kappa shape index (κ1) is 8.97. The number of hydrogen-bond donors (Lipinski definition) is 1. The topological polar surface area (TPSA) is 30.5 Å². The van der Waals surface area contributed by atoms with Gasteiger partial charge in [-0.25, -0.2) is 0 Å². The largest absolute Gasteiger partial charge is 0.375 e. The standard InChI is InChI=1S/C8H17NO2/c1-8(2,3)9-7-6-10-4-5-11-7/h7,9H,4-6H2,1-3H3. The Kier molecular flexibility index (Phi) is 2.87. The third-order valence-corrected chi connectivity index (χ3v) is 1.41. The molecule has 0 spiro atoms. The number of ether oxygens (including phenoxy) is 2. The molecule has 1 fully saturated rings. The van der Waals surface area contributed by atoms with Crippen LogP contribution in [0.3, 0.4) is 0 Å². The third-order valence-electron chi connectivity index (χ3n) is 1.41. The SMILES string of the molecule is CC(C)(C)NC1COCCO1. The molecule has 0 aromatic carbocycles. The molecule has 0 aromatic rings. The quantitative estimate of drug-likeness (QED) is 0.612. The Bertz CT molecular complexity index is 114. The van der Waals surface area contributed by atoms with Crippen molar-refractivity contribution < 1.29 is 9.47 Å². The smallest absolute Gasteiger partial charge is 0.132 e. The second kappa shape index (κ2) is 3.52. The second-order valence-electron chi connectivity index (χ2n) is 3.83. The lowest BCUT2D eigenvalue weighted by atomic mass is 10.1. The molecule has 0 radical (unpaired) electrons. The van der Waals surface area contributed by atoms with Crippen molar-refractivity contribution in [2.24, 2.45) is 0 Å². The molecule has 1 saturated heterocycles. The minimum Gasteiger partial charge on any atom is -0.375 e. The van der Waals surface area contributed by atoms with Crippen LogP contribution >= 0.6 is 0 Å². The highest BCUT2D eigenvalue weighted by Gasteiger charge is 2.19. The summed E-state index contributed by atoms with van der Waals surface area (Å²) >= 11 is 0. The van der Waals surface area contributed by atoms with E-state index in [0.717, 1.165) is 6.61 Å². The molecule has 1 aliphatic heterocycles.